The van der Waals surface area contributed by atoms with Crippen LogP contribution in [0.25, 0.3) is 0 Å². The smallest absolute Gasteiger partial charge is 0.250 e. The maximum atomic E-state index is 11.6. The molecule has 0 aliphatic carbocycles. The zero-order valence-electron chi connectivity index (χ0n) is 10.4. The fraction of sp³-hybridized carbons (Fsp3) is 0.500. The molecule has 5 nitrogen and oxygen atoms in total. The number of aromatic nitrogens is 1. The highest BCUT2D eigenvalue weighted by atomic mass is 16.1. The van der Waals surface area contributed by atoms with Gasteiger partial charge in [-0.25, -0.2) is 0 Å². The predicted molar refractivity (Wildman–Crippen MR) is 67.7 cm³/mol. The Hall–Kier alpha value is -1.62. The third-order valence-electron chi connectivity index (χ3n) is 2.65. The van der Waals surface area contributed by atoms with Crippen LogP contribution in [0, 0.1) is 5.92 Å². The van der Waals surface area contributed by atoms with Gasteiger partial charge in [-0.1, -0.05) is 13.8 Å². The maximum absolute atomic E-state index is 11.6. The van der Waals surface area contributed by atoms with E-state index >= 15 is 0 Å². The quantitative estimate of drug-likeness (QED) is 0.809. The summed E-state index contributed by atoms with van der Waals surface area (Å²) in [4.78, 5) is 22.8. The number of hydrogen-bond donors (Lipinski definition) is 2. The Morgan fingerprint density at radius 2 is 2.12 bits per heavy atom. The van der Waals surface area contributed by atoms with Gasteiger partial charge in [0.15, 0.2) is 0 Å². The van der Waals surface area contributed by atoms with Gasteiger partial charge in [-0.2, -0.15) is 0 Å². The Labute approximate surface area is 101 Å². The number of amides is 1. The molecular weight excluding hydrogens is 218 g/mol. The number of anilines is 1. The molecule has 1 aromatic rings. The van der Waals surface area contributed by atoms with Crippen molar-refractivity contribution < 1.29 is 4.79 Å². The average Bonchev–Trinajstić information content (AvgIpc) is 2.23. The van der Waals surface area contributed by atoms with Gasteiger partial charge in [0.25, 0.3) is 0 Å². The van der Waals surface area contributed by atoms with Gasteiger partial charge >= 0.3 is 0 Å². The molecule has 0 aliphatic heterocycles. The number of carbonyl (C=O) groups is 1. The largest absolute Gasteiger partial charge is 0.327 e. The normalized spacial score (nSPS) is 12.5. The lowest BCUT2D eigenvalue weighted by Crippen LogP contribution is -2.31. The van der Waals surface area contributed by atoms with E-state index in [9.17, 15) is 9.59 Å². The number of aryl methyl sites for hydroxylation is 1. The summed E-state index contributed by atoms with van der Waals surface area (Å²) in [7, 11) is 1.64. The molecule has 1 amide bonds. The molecule has 1 rings (SSSR count). The van der Waals surface area contributed by atoms with Crippen molar-refractivity contribution in [3.63, 3.8) is 0 Å². The first-order valence-electron chi connectivity index (χ1n) is 5.62. The highest BCUT2D eigenvalue weighted by Gasteiger charge is 2.13. The minimum atomic E-state index is -0.150. The fourth-order valence-corrected chi connectivity index (χ4v) is 1.33. The monoisotopic (exact) mass is 237 g/mol. The maximum Gasteiger partial charge on any atom is 0.250 e. The molecule has 0 fully saturated rings. The van der Waals surface area contributed by atoms with Crippen LogP contribution in [0.15, 0.2) is 23.1 Å². The van der Waals surface area contributed by atoms with E-state index in [1.165, 1.54) is 10.6 Å². The number of carbonyl (C=O) groups excluding carboxylic acids is 1. The van der Waals surface area contributed by atoms with Crippen molar-refractivity contribution in [2.24, 2.45) is 18.7 Å². The third kappa shape index (κ3) is 4.03. The van der Waals surface area contributed by atoms with Gasteiger partial charge < -0.3 is 15.6 Å². The van der Waals surface area contributed by atoms with E-state index in [4.69, 9.17) is 5.73 Å². The Morgan fingerprint density at radius 1 is 1.47 bits per heavy atom. The van der Waals surface area contributed by atoms with E-state index in [-0.39, 0.29) is 29.8 Å². The van der Waals surface area contributed by atoms with Gasteiger partial charge in [0, 0.05) is 31.8 Å². The molecule has 0 radical (unpaired) electrons. The van der Waals surface area contributed by atoms with Crippen LogP contribution in [-0.2, 0) is 11.8 Å². The van der Waals surface area contributed by atoms with E-state index in [0.29, 0.717) is 5.69 Å². The van der Waals surface area contributed by atoms with Crippen molar-refractivity contribution in [3.8, 4) is 0 Å². The van der Waals surface area contributed by atoms with Crippen molar-refractivity contribution in [2.45, 2.75) is 26.3 Å². The molecule has 0 bridgehead atoms. The van der Waals surface area contributed by atoms with Crippen molar-refractivity contribution in [1.29, 1.82) is 0 Å². The van der Waals surface area contributed by atoms with Gasteiger partial charge in [-0.05, 0) is 12.0 Å². The molecular formula is C12H19N3O2. The molecule has 5 heteroatoms. The highest BCUT2D eigenvalue weighted by molar-refractivity contribution is 5.90. The summed E-state index contributed by atoms with van der Waals surface area (Å²) in [5.74, 6) is 0.130. The average molecular weight is 237 g/mol. The van der Waals surface area contributed by atoms with Crippen LogP contribution in [0.3, 0.4) is 0 Å². The highest BCUT2D eigenvalue weighted by Crippen LogP contribution is 2.07. The molecule has 17 heavy (non-hydrogen) atoms. The lowest BCUT2D eigenvalue weighted by atomic mass is 10.0. The zero-order chi connectivity index (χ0) is 13.0. The Bertz CT molecular complexity index is 451. The number of nitrogens with two attached hydrogens (primary N) is 1. The summed E-state index contributed by atoms with van der Waals surface area (Å²) < 4.78 is 1.41. The molecule has 0 aromatic carbocycles. The van der Waals surface area contributed by atoms with Gasteiger partial charge in [0.05, 0.1) is 5.69 Å². The zero-order valence-corrected chi connectivity index (χ0v) is 10.4. The molecule has 1 heterocycles. The van der Waals surface area contributed by atoms with E-state index in [2.05, 4.69) is 5.32 Å². The summed E-state index contributed by atoms with van der Waals surface area (Å²) in [5, 5.41) is 2.72. The number of hydrogen-bond acceptors (Lipinski definition) is 3. The molecule has 0 spiro atoms. The van der Waals surface area contributed by atoms with Crippen molar-refractivity contribution in [2.75, 3.05) is 5.32 Å². The summed E-state index contributed by atoms with van der Waals surface area (Å²) in [5.41, 5.74) is 6.30. The molecule has 1 aromatic heterocycles. The van der Waals surface area contributed by atoms with Crippen LogP contribution in [0.1, 0.15) is 20.3 Å². The SMILES string of the molecule is CC(C)C(N)CC(=O)Nc1ccc(=O)n(C)c1. The van der Waals surface area contributed by atoms with Crippen molar-refractivity contribution >= 4 is 11.6 Å². The molecule has 1 atom stereocenters. The Kier molecular flexibility index (Phi) is 4.45. The first-order chi connectivity index (χ1) is 7.90. The third-order valence-corrected chi connectivity index (χ3v) is 2.65. The van der Waals surface area contributed by atoms with Crippen LogP contribution in [-0.4, -0.2) is 16.5 Å². The molecule has 1 unspecified atom stereocenters. The molecule has 0 saturated heterocycles. The number of nitrogens with one attached hydrogen (secondary N) is 1. The first kappa shape index (κ1) is 13.4. The van der Waals surface area contributed by atoms with Crippen LogP contribution in [0.2, 0.25) is 0 Å². The van der Waals surface area contributed by atoms with Crippen LogP contribution < -0.4 is 16.6 Å². The van der Waals surface area contributed by atoms with Crippen LogP contribution in [0.5, 0.6) is 0 Å². The Morgan fingerprint density at radius 3 is 2.65 bits per heavy atom. The summed E-state index contributed by atoms with van der Waals surface area (Å²) >= 11 is 0. The van der Waals surface area contributed by atoms with E-state index in [1.54, 1.807) is 19.3 Å². The van der Waals surface area contributed by atoms with Gasteiger partial charge in [0.1, 0.15) is 0 Å². The van der Waals surface area contributed by atoms with E-state index in [1.807, 2.05) is 13.8 Å². The van der Waals surface area contributed by atoms with Gasteiger partial charge in [0.2, 0.25) is 11.5 Å². The van der Waals surface area contributed by atoms with Gasteiger partial charge in [-0.15, -0.1) is 0 Å². The number of rotatable bonds is 4. The first-order valence-corrected chi connectivity index (χ1v) is 5.62. The molecule has 94 valence electrons. The number of nitrogens with zero attached hydrogens (tertiary/aromatic N) is 1. The van der Waals surface area contributed by atoms with Crippen LogP contribution >= 0.6 is 0 Å². The standard InChI is InChI=1S/C12H19N3O2/c1-8(2)10(13)6-11(16)14-9-4-5-12(17)15(3)7-9/h4-5,7-8,10H,6,13H2,1-3H3,(H,14,16). The number of pyridine rings is 1. The minimum Gasteiger partial charge on any atom is -0.327 e. The van der Waals surface area contributed by atoms with Crippen molar-refractivity contribution in [3.05, 3.63) is 28.7 Å². The van der Waals surface area contributed by atoms with Crippen molar-refractivity contribution in [1.82, 2.24) is 4.57 Å². The van der Waals surface area contributed by atoms with Gasteiger partial charge in [-0.3, -0.25) is 9.59 Å². The summed E-state index contributed by atoms with van der Waals surface area (Å²) in [6.45, 7) is 3.95. The second kappa shape index (κ2) is 5.63. The topological polar surface area (TPSA) is 77.1 Å². The molecule has 0 saturated carbocycles. The lowest BCUT2D eigenvalue weighted by Gasteiger charge is -2.15. The summed E-state index contributed by atoms with van der Waals surface area (Å²) in [6, 6.07) is 2.85. The predicted octanol–water partition coefficient (Wildman–Crippen LogP) is 0.697. The molecule has 0 aliphatic rings. The van der Waals surface area contributed by atoms with E-state index < -0.39 is 0 Å². The fourth-order valence-electron chi connectivity index (χ4n) is 1.33. The Balaban J connectivity index is 2.62. The minimum absolute atomic E-state index is 0.109. The lowest BCUT2D eigenvalue weighted by molar-refractivity contribution is -0.116. The summed E-state index contributed by atoms with van der Waals surface area (Å²) in [6.07, 6.45) is 1.86. The second-order valence-corrected chi connectivity index (χ2v) is 4.53. The van der Waals surface area contributed by atoms with Crippen LogP contribution in [0.4, 0.5) is 5.69 Å². The second-order valence-electron chi connectivity index (χ2n) is 4.53. The molecule has 3 N–H and O–H groups in total. The van der Waals surface area contributed by atoms with E-state index in [0.717, 1.165) is 0 Å².